The second-order valence-corrected chi connectivity index (χ2v) is 6.79. The Kier molecular flexibility index (Phi) is 5.67. The summed E-state index contributed by atoms with van der Waals surface area (Å²) in [5.74, 6) is 0.767. The lowest BCUT2D eigenvalue weighted by atomic mass is 10.2. The minimum Gasteiger partial charge on any atom is -0.325 e. The number of hydrogen-bond donors (Lipinski definition) is 1. The Morgan fingerprint density at radius 1 is 1.25 bits per heavy atom. The molecule has 0 aliphatic rings. The van der Waals surface area contributed by atoms with Crippen LogP contribution in [0.15, 0.2) is 30.3 Å². The smallest absolute Gasteiger partial charge is 0.269 e. The van der Waals surface area contributed by atoms with Crippen molar-refractivity contribution in [3.63, 3.8) is 0 Å². The van der Waals surface area contributed by atoms with Gasteiger partial charge in [-0.3, -0.25) is 14.9 Å². The van der Waals surface area contributed by atoms with Crippen molar-refractivity contribution in [3.8, 4) is 0 Å². The van der Waals surface area contributed by atoms with E-state index in [0.717, 1.165) is 47.5 Å². The van der Waals surface area contributed by atoms with Gasteiger partial charge < -0.3 is 9.88 Å². The summed E-state index contributed by atoms with van der Waals surface area (Å²) in [5, 5.41) is 13.7. The van der Waals surface area contributed by atoms with E-state index in [4.69, 9.17) is 4.98 Å². The van der Waals surface area contributed by atoms with Gasteiger partial charge in [0.1, 0.15) is 11.3 Å². The number of anilines is 1. The van der Waals surface area contributed by atoms with Crippen LogP contribution in [0.25, 0.3) is 11.2 Å². The molecule has 0 radical (unpaired) electrons. The quantitative estimate of drug-likeness (QED) is 0.492. The summed E-state index contributed by atoms with van der Waals surface area (Å²) in [6.07, 6.45) is 2.86. The first kappa shape index (κ1) is 19.5. The first-order chi connectivity index (χ1) is 13.4. The Morgan fingerprint density at radius 2 is 1.96 bits per heavy atom. The summed E-state index contributed by atoms with van der Waals surface area (Å²) in [6, 6.07) is 8.38. The summed E-state index contributed by atoms with van der Waals surface area (Å²) in [6.45, 7) is 5.96. The second-order valence-electron chi connectivity index (χ2n) is 6.79. The first-order valence-electron chi connectivity index (χ1n) is 9.26. The Bertz CT molecular complexity index is 1020. The SMILES string of the molecule is CCCCc1nc2cc(NC(C)=O)c(C)nc2n1Cc1ccc([N+](=O)[O-])cc1. The predicted molar refractivity (Wildman–Crippen MR) is 107 cm³/mol. The lowest BCUT2D eigenvalue weighted by Gasteiger charge is -2.10. The molecule has 2 aromatic heterocycles. The standard InChI is InChI=1S/C20H23N5O3/c1-4-5-6-19-23-18-11-17(22-14(3)26)13(2)21-20(18)24(19)12-15-7-9-16(10-8-15)25(27)28/h7-11H,4-6,12H2,1-3H3,(H,22,26). The van der Waals surface area contributed by atoms with Gasteiger partial charge >= 0.3 is 0 Å². The van der Waals surface area contributed by atoms with Gasteiger partial charge in [0.15, 0.2) is 5.65 Å². The van der Waals surface area contributed by atoms with Gasteiger partial charge in [-0.2, -0.15) is 0 Å². The number of nitro benzene ring substituents is 1. The second kappa shape index (κ2) is 8.16. The summed E-state index contributed by atoms with van der Waals surface area (Å²) >= 11 is 0. The molecule has 0 fully saturated rings. The molecule has 1 amide bonds. The third-order valence-corrected chi connectivity index (χ3v) is 4.54. The fraction of sp³-hybridized carbons (Fsp3) is 0.350. The van der Waals surface area contributed by atoms with Gasteiger partial charge in [0.2, 0.25) is 5.91 Å². The number of rotatable bonds is 7. The van der Waals surface area contributed by atoms with Crippen LogP contribution in [0.1, 0.15) is 43.8 Å². The summed E-state index contributed by atoms with van der Waals surface area (Å²) in [7, 11) is 0. The monoisotopic (exact) mass is 381 g/mol. The highest BCUT2D eigenvalue weighted by Gasteiger charge is 2.15. The number of carbonyl (C=O) groups is 1. The summed E-state index contributed by atoms with van der Waals surface area (Å²) in [4.78, 5) is 31.3. The van der Waals surface area contributed by atoms with Crippen molar-refractivity contribution in [1.82, 2.24) is 14.5 Å². The Hall–Kier alpha value is -3.29. The lowest BCUT2D eigenvalue weighted by Crippen LogP contribution is -2.09. The molecule has 0 spiro atoms. The van der Waals surface area contributed by atoms with E-state index in [9.17, 15) is 14.9 Å². The average molecular weight is 381 g/mol. The molecule has 0 saturated heterocycles. The molecule has 0 unspecified atom stereocenters. The highest BCUT2D eigenvalue weighted by Crippen LogP contribution is 2.24. The Labute approximate surface area is 162 Å². The van der Waals surface area contributed by atoms with Gasteiger partial charge in [-0.1, -0.05) is 25.5 Å². The minimum atomic E-state index is -0.405. The Balaban J connectivity index is 2.03. The highest BCUT2D eigenvalue weighted by molar-refractivity contribution is 5.91. The van der Waals surface area contributed by atoms with E-state index in [-0.39, 0.29) is 11.6 Å². The number of imidazole rings is 1. The van der Waals surface area contributed by atoms with Crippen molar-refractivity contribution in [2.24, 2.45) is 0 Å². The van der Waals surface area contributed by atoms with Crippen LogP contribution in [-0.2, 0) is 17.8 Å². The van der Waals surface area contributed by atoms with E-state index < -0.39 is 4.92 Å². The van der Waals surface area contributed by atoms with Gasteiger partial charge in [-0.15, -0.1) is 0 Å². The molecule has 8 heteroatoms. The molecule has 3 rings (SSSR count). The van der Waals surface area contributed by atoms with Crippen LogP contribution in [-0.4, -0.2) is 25.4 Å². The van der Waals surface area contributed by atoms with Gasteiger partial charge in [0.05, 0.1) is 22.8 Å². The maximum Gasteiger partial charge on any atom is 0.269 e. The number of hydrogen-bond acceptors (Lipinski definition) is 5. The molecule has 2 heterocycles. The number of pyridine rings is 1. The number of nitro groups is 1. The molecule has 146 valence electrons. The maximum atomic E-state index is 11.4. The first-order valence-corrected chi connectivity index (χ1v) is 9.26. The van der Waals surface area contributed by atoms with Crippen molar-refractivity contribution in [2.45, 2.75) is 46.6 Å². The molecular formula is C20H23N5O3. The number of aromatic nitrogens is 3. The molecule has 8 nitrogen and oxygen atoms in total. The number of benzene rings is 1. The fourth-order valence-electron chi connectivity index (χ4n) is 3.10. The summed E-state index contributed by atoms with van der Waals surface area (Å²) in [5.41, 5.74) is 3.85. The molecule has 0 bridgehead atoms. The van der Waals surface area contributed by atoms with E-state index >= 15 is 0 Å². The number of nitrogens with zero attached hydrogens (tertiary/aromatic N) is 4. The number of non-ortho nitro benzene ring substituents is 1. The molecule has 0 saturated carbocycles. The van der Waals surface area contributed by atoms with Crippen molar-refractivity contribution < 1.29 is 9.72 Å². The summed E-state index contributed by atoms with van der Waals surface area (Å²) < 4.78 is 2.05. The van der Waals surface area contributed by atoms with Crippen LogP contribution in [0.4, 0.5) is 11.4 Å². The molecule has 0 atom stereocenters. The van der Waals surface area contributed by atoms with Crippen molar-refractivity contribution in [2.75, 3.05) is 5.32 Å². The number of fused-ring (bicyclic) bond motifs is 1. The zero-order chi connectivity index (χ0) is 20.3. The zero-order valence-corrected chi connectivity index (χ0v) is 16.2. The molecule has 1 N–H and O–H groups in total. The zero-order valence-electron chi connectivity index (χ0n) is 16.2. The number of carbonyl (C=O) groups excluding carboxylic acids is 1. The number of unbranched alkanes of at least 4 members (excludes halogenated alkanes) is 1. The molecule has 1 aromatic carbocycles. The van der Waals surface area contributed by atoms with Crippen LogP contribution < -0.4 is 5.32 Å². The number of nitrogens with one attached hydrogen (secondary N) is 1. The van der Waals surface area contributed by atoms with Crippen LogP contribution in [0.3, 0.4) is 0 Å². The lowest BCUT2D eigenvalue weighted by molar-refractivity contribution is -0.384. The molecule has 3 aromatic rings. The van der Waals surface area contributed by atoms with Crippen molar-refractivity contribution in [3.05, 3.63) is 57.5 Å². The average Bonchev–Trinajstić information content (AvgIpc) is 2.97. The third-order valence-electron chi connectivity index (χ3n) is 4.54. The fourth-order valence-corrected chi connectivity index (χ4v) is 3.10. The third kappa shape index (κ3) is 4.16. The number of amides is 1. The number of aryl methyl sites for hydroxylation is 2. The van der Waals surface area contributed by atoms with Gasteiger partial charge in [0.25, 0.3) is 5.69 Å². The van der Waals surface area contributed by atoms with Gasteiger partial charge in [0, 0.05) is 25.5 Å². The van der Waals surface area contributed by atoms with E-state index in [1.54, 1.807) is 12.1 Å². The predicted octanol–water partition coefficient (Wildman–Crippen LogP) is 4.00. The molecular weight excluding hydrogens is 358 g/mol. The van der Waals surface area contributed by atoms with E-state index in [1.165, 1.54) is 19.1 Å². The van der Waals surface area contributed by atoms with Crippen molar-refractivity contribution in [1.29, 1.82) is 0 Å². The molecule has 28 heavy (non-hydrogen) atoms. The minimum absolute atomic E-state index is 0.0689. The maximum absolute atomic E-state index is 11.4. The normalized spacial score (nSPS) is 11.0. The van der Waals surface area contributed by atoms with E-state index in [0.29, 0.717) is 12.2 Å². The van der Waals surface area contributed by atoms with Crippen LogP contribution >= 0.6 is 0 Å². The van der Waals surface area contributed by atoms with Crippen LogP contribution in [0.5, 0.6) is 0 Å². The van der Waals surface area contributed by atoms with Crippen molar-refractivity contribution >= 4 is 28.4 Å². The van der Waals surface area contributed by atoms with E-state index in [1.807, 2.05) is 13.0 Å². The van der Waals surface area contributed by atoms with Crippen LogP contribution in [0.2, 0.25) is 0 Å². The van der Waals surface area contributed by atoms with Crippen LogP contribution in [0, 0.1) is 17.0 Å². The Morgan fingerprint density at radius 3 is 2.57 bits per heavy atom. The van der Waals surface area contributed by atoms with E-state index in [2.05, 4.69) is 21.8 Å². The van der Waals surface area contributed by atoms with Gasteiger partial charge in [-0.05, 0) is 25.0 Å². The van der Waals surface area contributed by atoms with Gasteiger partial charge in [-0.25, -0.2) is 9.97 Å². The topological polar surface area (TPSA) is 103 Å². The molecule has 0 aliphatic carbocycles. The highest BCUT2D eigenvalue weighted by atomic mass is 16.6. The molecule has 0 aliphatic heterocycles. The largest absolute Gasteiger partial charge is 0.325 e.